The van der Waals surface area contributed by atoms with Gasteiger partial charge in [-0.25, -0.2) is 4.98 Å². The molecule has 2 amide bonds. The molecule has 1 aliphatic heterocycles. The number of alkyl halides is 3. The minimum Gasteiger partial charge on any atom is -0.345 e. The van der Waals surface area contributed by atoms with Crippen molar-refractivity contribution in [3.8, 4) is 10.7 Å². The number of hydrogen-bond donors (Lipinski definition) is 1. The maximum Gasteiger partial charge on any atom is 0.405 e. The largest absolute Gasteiger partial charge is 0.405 e. The highest BCUT2D eigenvalue weighted by molar-refractivity contribution is 7.17. The molecule has 1 N–H and O–H groups in total. The molecule has 144 valence electrons. The number of nitrogens with one attached hydrogen (secondary N) is 1. The SMILES string of the molecule is Cc1nc(-c2ccccn2)sc1C(=O)N1CCCC1C(=O)NCC(F)(F)F. The summed E-state index contributed by atoms with van der Waals surface area (Å²) in [5.41, 5.74) is 1.14. The zero-order chi connectivity index (χ0) is 19.6. The molecule has 10 heteroatoms. The number of amides is 2. The van der Waals surface area contributed by atoms with Crippen molar-refractivity contribution in [2.75, 3.05) is 13.1 Å². The Labute approximate surface area is 157 Å². The van der Waals surface area contributed by atoms with Crippen LogP contribution in [0.4, 0.5) is 13.2 Å². The summed E-state index contributed by atoms with van der Waals surface area (Å²) in [5.74, 6) is -1.18. The van der Waals surface area contributed by atoms with E-state index in [1.54, 1.807) is 25.3 Å². The van der Waals surface area contributed by atoms with Crippen molar-refractivity contribution in [3.63, 3.8) is 0 Å². The summed E-state index contributed by atoms with van der Waals surface area (Å²) in [6.07, 6.45) is -1.98. The topological polar surface area (TPSA) is 75.2 Å². The number of pyridine rings is 1. The van der Waals surface area contributed by atoms with E-state index in [9.17, 15) is 22.8 Å². The fraction of sp³-hybridized carbons (Fsp3) is 0.412. The molecule has 1 fully saturated rings. The predicted octanol–water partition coefficient (Wildman–Crippen LogP) is 2.80. The number of likely N-dealkylation sites (tertiary alicyclic amines) is 1. The van der Waals surface area contributed by atoms with Crippen molar-refractivity contribution >= 4 is 23.2 Å². The Morgan fingerprint density at radius 2 is 2.15 bits per heavy atom. The molecule has 1 unspecified atom stereocenters. The van der Waals surface area contributed by atoms with Crippen LogP contribution in [0.5, 0.6) is 0 Å². The van der Waals surface area contributed by atoms with Gasteiger partial charge < -0.3 is 10.2 Å². The van der Waals surface area contributed by atoms with Crippen LogP contribution in [0.15, 0.2) is 24.4 Å². The molecule has 6 nitrogen and oxygen atoms in total. The van der Waals surface area contributed by atoms with E-state index in [0.717, 1.165) is 11.3 Å². The third-order valence-corrected chi connectivity index (χ3v) is 5.32. The lowest BCUT2D eigenvalue weighted by molar-refractivity contribution is -0.140. The van der Waals surface area contributed by atoms with E-state index >= 15 is 0 Å². The molecule has 27 heavy (non-hydrogen) atoms. The molecular weight excluding hydrogens is 381 g/mol. The van der Waals surface area contributed by atoms with Gasteiger partial charge in [0.1, 0.15) is 22.5 Å². The van der Waals surface area contributed by atoms with Crippen LogP contribution in [0.3, 0.4) is 0 Å². The van der Waals surface area contributed by atoms with Crippen molar-refractivity contribution in [1.29, 1.82) is 0 Å². The number of thiazole rings is 1. The smallest absolute Gasteiger partial charge is 0.345 e. The molecule has 0 saturated carbocycles. The molecule has 0 radical (unpaired) electrons. The van der Waals surface area contributed by atoms with Gasteiger partial charge in [-0.15, -0.1) is 11.3 Å². The van der Waals surface area contributed by atoms with E-state index < -0.39 is 30.6 Å². The lowest BCUT2D eigenvalue weighted by Gasteiger charge is -2.23. The highest BCUT2D eigenvalue weighted by atomic mass is 32.1. The Balaban J connectivity index is 1.77. The molecule has 3 heterocycles. The van der Waals surface area contributed by atoms with Gasteiger partial charge in [0.15, 0.2) is 0 Å². The normalized spacial score (nSPS) is 17.2. The summed E-state index contributed by atoms with van der Waals surface area (Å²) >= 11 is 1.16. The van der Waals surface area contributed by atoms with Crippen LogP contribution in [-0.4, -0.2) is 52.0 Å². The first-order chi connectivity index (χ1) is 12.8. The summed E-state index contributed by atoms with van der Waals surface area (Å²) in [7, 11) is 0. The second-order valence-corrected chi connectivity index (χ2v) is 7.14. The lowest BCUT2D eigenvalue weighted by atomic mass is 10.2. The van der Waals surface area contributed by atoms with E-state index in [0.29, 0.717) is 40.7 Å². The molecule has 1 aliphatic rings. The zero-order valence-electron chi connectivity index (χ0n) is 14.4. The van der Waals surface area contributed by atoms with Crippen LogP contribution >= 0.6 is 11.3 Å². The van der Waals surface area contributed by atoms with Crippen LogP contribution in [0.1, 0.15) is 28.2 Å². The van der Waals surface area contributed by atoms with Gasteiger partial charge in [-0.05, 0) is 31.9 Å². The second-order valence-electron chi connectivity index (χ2n) is 6.14. The minimum absolute atomic E-state index is 0.319. The van der Waals surface area contributed by atoms with Crippen molar-refractivity contribution < 1.29 is 22.8 Å². The van der Waals surface area contributed by atoms with E-state index in [2.05, 4.69) is 9.97 Å². The molecule has 0 aromatic carbocycles. The van der Waals surface area contributed by atoms with Crippen molar-refractivity contribution in [2.24, 2.45) is 0 Å². The van der Waals surface area contributed by atoms with Crippen molar-refractivity contribution in [2.45, 2.75) is 32.0 Å². The zero-order valence-corrected chi connectivity index (χ0v) is 15.2. The van der Waals surface area contributed by atoms with Crippen LogP contribution in [0.25, 0.3) is 10.7 Å². The molecule has 0 spiro atoms. The maximum absolute atomic E-state index is 12.9. The average Bonchev–Trinajstić information content (AvgIpc) is 3.26. The molecule has 3 rings (SSSR count). The van der Waals surface area contributed by atoms with Gasteiger partial charge in [-0.3, -0.25) is 14.6 Å². The summed E-state index contributed by atoms with van der Waals surface area (Å²) < 4.78 is 37.0. The summed E-state index contributed by atoms with van der Waals surface area (Å²) in [4.78, 5) is 35.3. The molecule has 1 saturated heterocycles. The van der Waals surface area contributed by atoms with E-state index in [1.165, 1.54) is 4.90 Å². The van der Waals surface area contributed by atoms with Crippen LogP contribution < -0.4 is 5.32 Å². The summed E-state index contributed by atoms with van der Waals surface area (Å²) in [6, 6.07) is 4.45. The van der Waals surface area contributed by atoms with Crippen molar-refractivity contribution in [3.05, 3.63) is 35.0 Å². The number of carbonyl (C=O) groups is 2. The minimum atomic E-state index is -4.49. The molecule has 0 aliphatic carbocycles. The first kappa shape index (κ1) is 19.3. The summed E-state index contributed by atoms with van der Waals surface area (Å²) in [6.45, 7) is 0.595. The van der Waals surface area contributed by atoms with Crippen LogP contribution in [0, 0.1) is 6.92 Å². The predicted molar refractivity (Wildman–Crippen MR) is 93.2 cm³/mol. The van der Waals surface area contributed by atoms with Gasteiger partial charge in [-0.1, -0.05) is 6.07 Å². The first-order valence-corrected chi connectivity index (χ1v) is 9.12. The maximum atomic E-state index is 12.9. The number of nitrogens with zero attached hydrogens (tertiary/aromatic N) is 3. The molecule has 0 bridgehead atoms. The highest BCUT2D eigenvalue weighted by Crippen LogP contribution is 2.30. The second kappa shape index (κ2) is 7.63. The highest BCUT2D eigenvalue weighted by Gasteiger charge is 2.37. The molecule has 2 aromatic heterocycles. The Kier molecular flexibility index (Phi) is 5.45. The average molecular weight is 398 g/mol. The quantitative estimate of drug-likeness (QED) is 0.860. The van der Waals surface area contributed by atoms with Crippen molar-refractivity contribution in [1.82, 2.24) is 20.2 Å². The van der Waals surface area contributed by atoms with Gasteiger partial charge in [0.2, 0.25) is 5.91 Å². The third kappa shape index (κ3) is 4.44. The Bertz CT molecular complexity index is 838. The van der Waals surface area contributed by atoms with Gasteiger partial charge in [0, 0.05) is 12.7 Å². The third-order valence-electron chi connectivity index (χ3n) is 4.15. The number of hydrogen-bond acceptors (Lipinski definition) is 5. The Hall–Kier alpha value is -2.49. The van der Waals surface area contributed by atoms with Gasteiger partial charge >= 0.3 is 6.18 Å². The lowest BCUT2D eigenvalue weighted by Crippen LogP contribution is -2.48. The monoisotopic (exact) mass is 398 g/mol. The molecule has 2 aromatic rings. The fourth-order valence-electron chi connectivity index (χ4n) is 2.91. The number of halogens is 3. The number of rotatable bonds is 4. The molecule has 1 atom stereocenters. The fourth-order valence-corrected chi connectivity index (χ4v) is 3.91. The number of aryl methyl sites for hydroxylation is 1. The Morgan fingerprint density at radius 1 is 1.37 bits per heavy atom. The van der Waals surface area contributed by atoms with Gasteiger partial charge in [0.25, 0.3) is 5.91 Å². The standard InChI is InChI=1S/C17H17F3N4O2S/c1-10-13(27-15(23-10)11-5-2-3-7-21-11)16(26)24-8-4-6-12(24)14(25)22-9-17(18,19)20/h2-3,5,7,12H,4,6,8-9H2,1H3,(H,22,25). The van der Waals surface area contributed by atoms with Gasteiger partial charge in [0.05, 0.1) is 11.4 Å². The van der Waals surface area contributed by atoms with Crippen LogP contribution in [0.2, 0.25) is 0 Å². The molecular formula is C17H17F3N4O2S. The number of carbonyl (C=O) groups excluding carboxylic acids is 2. The van der Waals surface area contributed by atoms with E-state index in [1.807, 2.05) is 11.4 Å². The number of aromatic nitrogens is 2. The van der Waals surface area contributed by atoms with E-state index in [4.69, 9.17) is 0 Å². The van der Waals surface area contributed by atoms with Gasteiger partial charge in [-0.2, -0.15) is 13.2 Å². The Morgan fingerprint density at radius 3 is 2.81 bits per heavy atom. The van der Waals surface area contributed by atoms with E-state index in [-0.39, 0.29) is 0 Å². The first-order valence-electron chi connectivity index (χ1n) is 8.30. The van der Waals surface area contributed by atoms with Crippen LogP contribution in [-0.2, 0) is 4.79 Å². The summed E-state index contributed by atoms with van der Waals surface area (Å²) in [5, 5.41) is 2.44.